The summed E-state index contributed by atoms with van der Waals surface area (Å²) >= 11 is 4.84. The van der Waals surface area contributed by atoms with Gasteiger partial charge in [0.1, 0.15) is 0 Å². The number of hydrogen-bond acceptors (Lipinski definition) is 4. The zero-order chi connectivity index (χ0) is 11.3. The third-order valence-electron chi connectivity index (χ3n) is 1.64. The van der Waals surface area contributed by atoms with Crippen molar-refractivity contribution in [3.63, 3.8) is 0 Å². The van der Waals surface area contributed by atoms with Gasteiger partial charge in [0, 0.05) is 0 Å². The molecule has 0 unspecified atom stereocenters. The van der Waals surface area contributed by atoms with Gasteiger partial charge < -0.3 is 20.3 Å². The van der Waals surface area contributed by atoms with Crippen molar-refractivity contribution in [3.8, 4) is 0 Å². The van der Waals surface area contributed by atoms with Gasteiger partial charge in [0.15, 0.2) is 0 Å². The maximum absolute atomic E-state index is 9.10. The van der Waals surface area contributed by atoms with Gasteiger partial charge in [0.05, 0.1) is 17.0 Å². The first-order valence-electron chi connectivity index (χ1n) is 3.89. The van der Waals surface area contributed by atoms with Crippen molar-refractivity contribution in [2.24, 2.45) is 0 Å². The van der Waals surface area contributed by atoms with E-state index >= 15 is 0 Å². The van der Waals surface area contributed by atoms with Crippen LogP contribution in [-0.2, 0) is 0 Å². The monoisotopic (exact) mass is 212 g/mol. The van der Waals surface area contributed by atoms with Crippen molar-refractivity contribution in [1.82, 2.24) is 0 Å². The molecule has 0 aromatic heterocycles. The second-order valence-electron chi connectivity index (χ2n) is 3.75. The van der Waals surface area contributed by atoms with Crippen molar-refractivity contribution in [2.45, 2.75) is 38.9 Å². The van der Waals surface area contributed by atoms with Crippen LogP contribution in [0.25, 0.3) is 0 Å². The van der Waals surface area contributed by atoms with E-state index in [9.17, 15) is 0 Å². The molecule has 0 rings (SSSR count). The molecule has 0 radical (unpaired) electrons. The molecule has 6 heteroatoms. The SMILES string of the molecule is CC(C)(O)C(C)(C)O.OB(O)CCl. The first-order chi connectivity index (χ1) is 5.52. The van der Waals surface area contributed by atoms with Crippen LogP contribution in [0.2, 0.25) is 0 Å². The summed E-state index contributed by atoms with van der Waals surface area (Å²) in [5.74, 6) is -0.111. The van der Waals surface area contributed by atoms with Crippen molar-refractivity contribution in [2.75, 3.05) is 5.78 Å². The lowest BCUT2D eigenvalue weighted by Crippen LogP contribution is -2.44. The molecule has 4 N–H and O–H groups in total. The maximum Gasteiger partial charge on any atom is 0.467 e. The summed E-state index contributed by atoms with van der Waals surface area (Å²) in [5.41, 5.74) is -2.01. The Morgan fingerprint density at radius 2 is 1.15 bits per heavy atom. The standard InChI is InChI=1S/C6H14O2.CH4BClO2/c1-5(2,7)6(3,4)8;3-1-2(4)5/h7-8H,1-4H3;4-5H,1H2. The van der Waals surface area contributed by atoms with Gasteiger partial charge in [0.25, 0.3) is 0 Å². The number of hydrogen-bond donors (Lipinski definition) is 4. The van der Waals surface area contributed by atoms with E-state index in [0.717, 1.165) is 0 Å². The Balaban J connectivity index is 0. The van der Waals surface area contributed by atoms with Crippen LogP contribution < -0.4 is 0 Å². The molecule has 0 atom stereocenters. The molecule has 0 saturated heterocycles. The Labute approximate surface area is 84.3 Å². The van der Waals surface area contributed by atoms with Gasteiger partial charge in [-0.1, -0.05) is 0 Å². The first-order valence-corrected chi connectivity index (χ1v) is 4.42. The second kappa shape index (κ2) is 5.83. The molecule has 4 nitrogen and oxygen atoms in total. The van der Waals surface area contributed by atoms with Gasteiger partial charge in [-0.3, -0.25) is 0 Å². The summed E-state index contributed by atoms with van der Waals surface area (Å²) in [6.07, 6.45) is 0. The molecule has 0 fully saturated rings. The molecule has 0 amide bonds. The van der Waals surface area contributed by atoms with E-state index in [1.165, 1.54) is 0 Å². The Hall–Kier alpha value is 0.195. The molecule has 0 saturated carbocycles. The summed E-state index contributed by atoms with van der Waals surface area (Å²) < 4.78 is 0. The zero-order valence-corrected chi connectivity index (χ0v) is 9.21. The van der Waals surface area contributed by atoms with Gasteiger partial charge in [0.2, 0.25) is 0 Å². The van der Waals surface area contributed by atoms with Crippen molar-refractivity contribution in [1.29, 1.82) is 0 Å². The predicted molar refractivity (Wildman–Crippen MR) is 53.5 cm³/mol. The van der Waals surface area contributed by atoms with Crippen LogP contribution >= 0.6 is 11.6 Å². The number of aliphatic hydroxyl groups is 2. The molecule has 0 aliphatic rings. The van der Waals surface area contributed by atoms with Crippen molar-refractivity contribution >= 4 is 18.7 Å². The molecular weight excluding hydrogens is 194 g/mol. The quantitative estimate of drug-likeness (QED) is 0.376. The fourth-order valence-corrected chi connectivity index (χ4v) is 0. The van der Waals surface area contributed by atoms with Crippen LogP contribution in [0.15, 0.2) is 0 Å². The highest BCUT2D eigenvalue weighted by Gasteiger charge is 2.31. The lowest BCUT2D eigenvalue weighted by molar-refractivity contribution is -0.107. The van der Waals surface area contributed by atoms with Crippen LogP contribution in [0, 0.1) is 0 Å². The third kappa shape index (κ3) is 10.1. The van der Waals surface area contributed by atoms with Gasteiger partial charge in [-0.05, 0) is 27.7 Å². The molecule has 0 bridgehead atoms. The summed E-state index contributed by atoms with van der Waals surface area (Å²) in [6.45, 7) is 6.31. The lowest BCUT2D eigenvalue weighted by Gasteiger charge is -2.31. The topological polar surface area (TPSA) is 80.9 Å². The largest absolute Gasteiger partial charge is 0.467 e. The van der Waals surface area contributed by atoms with Gasteiger partial charge in [-0.25, -0.2) is 0 Å². The van der Waals surface area contributed by atoms with E-state index in [-0.39, 0.29) is 5.78 Å². The summed E-state index contributed by atoms with van der Waals surface area (Å²) in [5, 5.41) is 33.8. The minimum absolute atomic E-state index is 0.111. The second-order valence-corrected chi connectivity index (χ2v) is 4.06. The Bertz CT molecular complexity index is 115. The third-order valence-corrected chi connectivity index (χ3v) is 1.91. The molecule has 0 spiro atoms. The highest BCUT2D eigenvalue weighted by molar-refractivity contribution is 6.54. The fourth-order valence-electron chi connectivity index (χ4n) is 0. The van der Waals surface area contributed by atoms with Crippen LogP contribution in [0.4, 0.5) is 0 Å². The first kappa shape index (κ1) is 15.7. The van der Waals surface area contributed by atoms with Crippen LogP contribution in [-0.4, -0.2) is 44.4 Å². The van der Waals surface area contributed by atoms with E-state index < -0.39 is 18.3 Å². The molecule has 0 aromatic rings. The van der Waals surface area contributed by atoms with Crippen molar-refractivity contribution in [3.05, 3.63) is 0 Å². The average Bonchev–Trinajstić information content (AvgIpc) is 1.84. The summed E-state index contributed by atoms with van der Waals surface area (Å²) in [4.78, 5) is 0. The Morgan fingerprint density at radius 3 is 1.15 bits per heavy atom. The number of alkyl halides is 1. The molecule has 0 aliphatic carbocycles. The molecule has 13 heavy (non-hydrogen) atoms. The molecule has 0 aliphatic heterocycles. The Morgan fingerprint density at radius 1 is 1.00 bits per heavy atom. The minimum atomic E-state index is -1.35. The fraction of sp³-hybridized carbons (Fsp3) is 1.00. The molecular formula is C7H18BClO4. The van der Waals surface area contributed by atoms with Crippen LogP contribution in [0.3, 0.4) is 0 Å². The lowest BCUT2D eigenvalue weighted by atomic mass is 9.90. The average molecular weight is 212 g/mol. The normalized spacial score (nSPS) is 11.8. The molecule has 0 heterocycles. The highest BCUT2D eigenvalue weighted by Crippen LogP contribution is 2.19. The minimum Gasteiger partial charge on any atom is -0.426 e. The van der Waals surface area contributed by atoms with Crippen molar-refractivity contribution < 1.29 is 20.3 Å². The molecule has 0 aromatic carbocycles. The van der Waals surface area contributed by atoms with Crippen LogP contribution in [0.1, 0.15) is 27.7 Å². The van der Waals surface area contributed by atoms with Gasteiger partial charge in [-0.2, -0.15) is 0 Å². The number of rotatable bonds is 2. The highest BCUT2D eigenvalue weighted by atomic mass is 35.5. The van der Waals surface area contributed by atoms with Gasteiger partial charge >= 0.3 is 7.12 Å². The summed E-state index contributed by atoms with van der Waals surface area (Å²) in [7, 11) is -1.35. The van der Waals surface area contributed by atoms with Crippen LogP contribution in [0.5, 0.6) is 0 Å². The predicted octanol–water partition coefficient (Wildman–Crippen LogP) is -0.235. The van der Waals surface area contributed by atoms with E-state index in [4.69, 9.17) is 31.9 Å². The van der Waals surface area contributed by atoms with Gasteiger partial charge in [-0.15, -0.1) is 11.6 Å². The number of halogens is 1. The smallest absolute Gasteiger partial charge is 0.426 e. The maximum atomic E-state index is 9.10. The summed E-state index contributed by atoms with van der Waals surface area (Å²) in [6, 6.07) is 0. The zero-order valence-electron chi connectivity index (χ0n) is 8.45. The molecule has 80 valence electrons. The van der Waals surface area contributed by atoms with E-state index in [0.29, 0.717) is 0 Å². The Kier molecular flexibility index (Phi) is 7.02. The van der Waals surface area contributed by atoms with E-state index in [1.807, 2.05) is 0 Å². The van der Waals surface area contributed by atoms with E-state index in [1.54, 1.807) is 27.7 Å². The van der Waals surface area contributed by atoms with E-state index in [2.05, 4.69) is 0 Å².